The van der Waals surface area contributed by atoms with Crippen LogP contribution in [-0.4, -0.2) is 22.4 Å². The Morgan fingerprint density at radius 2 is 2.26 bits per heavy atom. The molecule has 0 radical (unpaired) electrons. The number of benzene rings is 1. The highest BCUT2D eigenvalue weighted by atomic mass is 19.1. The first-order chi connectivity index (χ1) is 9.15. The summed E-state index contributed by atoms with van der Waals surface area (Å²) in [6, 6.07) is 3.61. The third-order valence-corrected chi connectivity index (χ3v) is 2.76. The number of nitrogens with zero attached hydrogens (tertiary/aromatic N) is 2. The van der Waals surface area contributed by atoms with Gasteiger partial charge in [0.1, 0.15) is 17.7 Å². The summed E-state index contributed by atoms with van der Waals surface area (Å²) >= 11 is 0. The summed E-state index contributed by atoms with van der Waals surface area (Å²) in [7, 11) is 1.58. The lowest BCUT2D eigenvalue weighted by atomic mass is 10.2. The Hall–Kier alpha value is -1.95. The van der Waals surface area contributed by atoms with Crippen LogP contribution in [0.3, 0.4) is 0 Å². The van der Waals surface area contributed by atoms with Crippen LogP contribution >= 0.6 is 0 Å². The summed E-state index contributed by atoms with van der Waals surface area (Å²) in [4.78, 5) is 4.18. The van der Waals surface area contributed by atoms with E-state index in [-0.39, 0.29) is 17.7 Å². The molecular formula is C13H15FN2O3. The molecule has 0 saturated heterocycles. The van der Waals surface area contributed by atoms with Crippen molar-refractivity contribution in [1.29, 1.82) is 0 Å². The fourth-order valence-corrected chi connectivity index (χ4v) is 1.78. The third-order valence-electron chi connectivity index (χ3n) is 2.76. The monoisotopic (exact) mass is 266 g/mol. The molecule has 0 spiro atoms. The molecule has 1 N–H and O–H groups in total. The normalized spacial score (nSPS) is 12.6. The van der Waals surface area contributed by atoms with Gasteiger partial charge in [0, 0.05) is 13.2 Å². The van der Waals surface area contributed by atoms with E-state index < -0.39 is 5.82 Å². The van der Waals surface area contributed by atoms with Gasteiger partial charge in [-0.05, 0) is 18.6 Å². The van der Waals surface area contributed by atoms with Crippen molar-refractivity contribution in [2.45, 2.75) is 25.9 Å². The SMILES string of the molecule is CCCC(OC)c1noc(-c2ccc(F)cc2O)n1. The maximum atomic E-state index is 12.9. The van der Waals surface area contributed by atoms with Gasteiger partial charge in [-0.2, -0.15) is 4.98 Å². The number of rotatable bonds is 5. The number of phenols is 1. The highest BCUT2D eigenvalue weighted by molar-refractivity contribution is 5.61. The molecule has 0 bridgehead atoms. The lowest BCUT2D eigenvalue weighted by Gasteiger charge is -2.08. The molecule has 1 aromatic heterocycles. The van der Waals surface area contributed by atoms with Crippen molar-refractivity contribution in [3.8, 4) is 17.2 Å². The van der Waals surface area contributed by atoms with E-state index in [0.29, 0.717) is 11.4 Å². The van der Waals surface area contributed by atoms with E-state index >= 15 is 0 Å². The Bertz CT molecular complexity index is 557. The number of methoxy groups -OCH3 is 1. The number of hydrogen-bond acceptors (Lipinski definition) is 5. The largest absolute Gasteiger partial charge is 0.507 e. The molecular weight excluding hydrogens is 251 g/mol. The van der Waals surface area contributed by atoms with Gasteiger partial charge in [-0.1, -0.05) is 18.5 Å². The standard InChI is InChI=1S/C13H15FN2O3/c1-3-4-11(18-2)12-15-13(19-16-12)9-6-5-8(14)7-10(9)17/h5-7,11,17H,3-4H2,1-2H3. The molecule has 1 unspecified atom stereocenters. The second-order valence-electron chi connectivity index (χ2n) is 4.13. The molecule has 6 heteroatoms. The van der Waals surface area contributed by atoms with Crippen LogP contribution < -0.4 is 0 Å². The molecule has 0 aliphatic heterocycles. The van der Waals surface area contributed by atoms with E-state index in [1.165, 1.54) is 12.1 Å². The summed E-state index contributed by atoms with van der Waals surface area (Å²) in [6.07, 6.45) is 1.44. The molecule has 2 rings (SSSR count). The number of phenolic OH excluding ortho intramolecular Hbond substituents is 1. The van der Waals surface area contributed by atoms with Gasteiger partial charge < -0.3 is 14.4 Å². The minimum Gasteiger partial charge on any atom is -0.507 e. The van der Waals surface area contributed by atoms with E-state index in [4.69, 9.17) is 9.26 Å². The van der Waals surface area contributed by atoms with Gasteiger partial charge in [0.25, 0.3) is 5.89 Å². The Labute approximate surface area is 110 Å². The molecule has 0 fully saturated rings. The minimum atomic E-state index is -0.526. The van der Waals surface area contributed by atoms with Crippen LogP contribution in [0.5, 0.6) is 5.75 Å². The average molecular weight is 266 g/mol. The Morgan fingerprint density at radius 1 is 1.47 bits per heavy atom. The van der Waals surface area contributed by atoms with Crippen LogP contribution in [0.2, 0.25) is 0 Å². The summed E-state index contributed by atoms with van der Waals surface area (Å²) in [6.45, 7) is 2.03. The fourth-order valence-electron chi connectivity index (χ4n) is 1.78. The molecule has 1 aromatic carbocycles. The van der Waals surface area contributed by atoms with Gasteiger partial charge in [-0.3, -0.25) is 0 Å². The van der Waals surface area contributed by atoms with E-state index in [9.17, 15) is 9.50 Å². The predicted octanol–water partition coefficient (Wildman–Crippen LogP) is 3.07. The smallest absolute Gasteiger partial charge is 0.261 e. The summed E-state index contributed by atoms with van der Waals surface area (Å²) in [5.74, 6) is -0.199. The second kappa shape index (κ2) is 5.79. The first-order valence-corrected chi connectivity index (χ1v) is 6.01. The Balaban J connectivity index is 2.29. The van der Waals surface area contributed by atoms with Crippen molar-refractivity contribution < 1.29 is 18.8 Å². The minimum absolute atomic E-state index is 0.144. The molecule has 0 aliphatic carbocycles. The van der Waals surface area contributed by atoms with Gasteiger partial charge in [-0.25, -0.2) is 4.39 Å². The molecule has 5 nitrogen and oxygen atoms in total. The van der Waals surface area contributed by atoms with Gasteiger partial charge in [-0.15, -0.1) is 0 Å². The fraction of sp³-hybridized carbons (Fsp3) is 0.385. The summed E-state index contributed by atoms with van der Waals surface area (Å²) in [5, 5.41) is 13.5. The molecule has 0 aliphatic rings. The van der Waals surface area contributed by atoms with Crippen LogP contribution in [-0.2, 0) is 4.74 Å². The zero-order valence-corrected chi connectivity index (χ0v) is 10.8. The van der Waals surface area contributed by atoms with E-state index in [2.05, 4.69) is 10.1 Å². The molecule has 2 aromatic rings. The van der Waals surface area contributed by atoms with E-state index in [1.54, 1.807) is 7.11 Å². The van der Waals surface area contributed by atoms with E-state index in [1.807, 2.05) is 6.92 Å². The van der Waals surface area contributed by atoms with Crippen molar-refractivity contribution in [2.24, 2.45) is 0 Å². The number of hydrogen-bond donors (Lipinski definition) is 1. The van der Waals surface area contributed by atoms with Crippen molar-refractivity contribution in [1.82, 2.24) is 10.1 Å². The second-order valence-corrected chi connectivity index (χ2v) is 4.13. The Kier molecular flexibility index (Phi) is 4.11. The van der Waals surface area contributed by atoms with Crippen LogP contribution in [0.1, 0.15) is 31.7 Å². The van der Waals surface area contributed by atoms with Crippen LogP contribution in [0.25, 0.3) is 11.5 Å². The summed E-state index contributed by atoms with van der Waals surface area (Å²) in [5.41, 5.74) is 0.298. The van der Waals surface area contributed by atoms with Crippen LogP contribution in [0, 0.1) is 5.82 Å². The highest BCUT2D eigenvalue weighted by Gasteiger charge is 2.19. The third kappa shape index (κ3) is 2.90. The predicted molar refractivity (Wildman–Crippen MR) is 66.0 cm³/mol. The van der Waals surface area contributed by atoms with Gasteiger partial charge in [0.15, 0.2) is 0 Å². The molecule has 1 heterocycles. The first-order valence-electron chi connectivity index (χ1n) is 6.01. The quantitative estimate of drug-likeness (QED) is 0.900. The lowest BCUT2D eigenvalue weighted by Crippen LogP contribution is -2.03. The molecule has 0 saturated carbocycles. The molecule has 102 valence electrons. The van der Waals surface area contributed by atoms with Gasteiger partial charge in [0.05, 0.1) is 5.56 Å². The Morgan fingerprint density at radius 3 is 2.89 bits per heavy atom. The molecule has 0 amide bonds. The van der Waals surface area contributed by atoms with Crippen molar-refractivity contribution in [2.75, 3.05) is 7.11 Å². The van der Waals surface area contributed by atoms with Crippen LogP contribution in [0.4, 0.5) is 4.39 Å². The maximum absolute atomic E-state index is 12.9. The average Bonchev–Trinajstić information content (AvgIpc) is 2.85. The first kappa shape index (κ1) is 13.5. The molecule has 19 heavy (non-hydrogen) atoms. The maximum Gasteiger partial charge on any atom is 0.261 e. The van der Waals surface area contributed by atoms with E-state index in [0.717, 1.165) is 18.9 Å². The van der Waals surface area contributed by atoms with Crippen LogP contribution in [0.15, 0.2) is 22.7 Å². The zero-order valence-electron chi connectivity index (χ0n) is 10.8. The topological polar surface area (TPSA) is 68.4 Å². The number of ether oxygens (including phenoxy) is 1. The molecule has 1 atom stereocenters. The van der Waals surface area contributed by atoms with Gasteiger partial charge >= 0.3 is 0 Å². The van der Waals surface area contributed by atoms with Crippen molar-refractivity contribution >= 4 is 0 Å². The van der Waals surface area contributed by atoms with Crippen molar-refractivity contribution in [3.63, 3.8) is 0 Å². The lowest BCUT2D eigenvalue weighted by molar-refractivity contribution is 0.0854. The van der Waals surface area contributed by atoms with Gasteiger partial charge in [0.2, 0.25) is 5.82 Å². The summed E-state index contributed by atoms with van der Waals surface area (Å²) < 4.78 is 23.2. The number of aromatic nitrogens is 2. The number of aromatic hydroxyl groups is 1. The number of halogens is 1. The van der Waals surface area contributed by atoms with Crippen molar-refractivity contribution in [3.05, 3.63) is 29.8 Å². The zero-order chi connectivity index (χ0) is 13.8. The highest BCUT2D eigenvalue weighted by Crippen LogP contribution is 2.30.